The number of carbonyl (C=O) groups is 1. The van der Waals surface area contributed by atoms with Crippen molar-refractivity contribution in [3.63, 3.8) is 0 Å². The minimum atomic E-state index is 0.136. The fourth-order valence-electron chi connectivity index (χ4n) is 2.36. The number of likely N-dealkylation sites (tertiary alicyclic amines) is 1. The Labute approximate surface area is 110 Å². The molecule has 0 aromatic heterocycles. The maximum Gasteiger partial charge on any atom is 0.237 e. The molecule has 1 aliphatic rings. The summed E-state index contributed by atoms with van der Waals surface area (Å²) in [5.41, 5.74) is 5.92. The quantitative estimate of drug-likeness (QED) is 0.717. The van der Waals surface area contributed by atoms with Crippen LogP contribution in [0.15, 0.2) is 25.3 Å². The first-order valence-electron chi connectivity index (χ1n) is 6.57. The smallest absolute Gasteiger partial charge is 0.237 e. The normalized spacial score (nSPS) is 24.6. The Morgan fingerprint density at radius 3 is 2.56 bits per heavy atom. The summed E-state index contributed by atoms with van der Waals surface area (Å²) >= 11 is 0. The number of hydrogen-bond donors (Lipinski definition) is 1. The molecule has 1 aliphatic heterocycles. The molecule has 0 bridgehead atoms. The molecule has 1 amide bonds. The second-order valence-electron chi connectivity index (χ2n) is 4.98. The average Bonchev–Trinajstić information content (AvgIpc) is 2.32. The molecular weight excluding hydrogens is 226 g/mol. The van der Waals surface area contributed by atoms with Crippen LogP contribution in [0.2, 0.25) is 0 Å². The van der Waals surface area contributed by atoms with Gasteiger partial charge in [0, 0.05) is 31.7 Å². The largest absolute Gasteiger partial charge is 0.334 e. The van der Waals surface area contributed by atoms with Crippen LogP contribution in [0.25, 0.3) is 0 Å². The number of rotatable bonds is 6. The highest BCUT2D eigenvalue weighted by atomic mass is 16.2. The lowest BCUT2D eigenvalue weighted by molar-refractivity contribution is -0.132. The van der Waals surface area contributed by atoms with E-state index >= 15 is 0 Å². The van der Waals surface area contributed by atoms with E-state index in [1.807, 2.05) is 0 Å². The van der Waals surface area contributed by atoms with Gasteiger partial charge >= 0.3 is 0 Å². The van der Waals surface area contributed by atoms with Crippen molar-refractivity contribution in [1.82, 2.24) is 9.80 Å². The molecular formula is C14H25N3O. The number of hydrogen-bond acceptors (Lipinski definition) is 3. The highest BCUT2D eigenvalue weighted by Gasteiger charge is 2.25. The third-order valence-corrected chi connectivity index (χ3v) is 3.44. The molecule has 1 heterocycles. The Morgan fingerprint density at radius 1 is 1.44 bits per heavy atom. The van der Waals surface area contributed by atoms with Crippen LogP contribution in [-0.2, 0) is 4.79 Å². The summed E-state index contributed by atoms with van der Waals surface area (Å²) in [6.07, 6.45) is 5.44. The number of amides is 1. The van der Waals surface area contributed by atoms with Crippen molar-refractivity contribution >= 4 is 5.91 Å². The lowest BCUT2D eigenvalue weighted by Crippen LogP contribution is -2.50. The maximum absolute atomic E-state index is 12.2. The maximum atomic E-state index is 12.2. The summed E-state index contributed by atoms with van der Waals surface area (Å²) < 4.78 is 0. The summed E-state index contributed by atoms with van der Waals surface area (Å²) in [5, 5.41) is 0. The van der Waals surface area contributed by atoms with E-state index in [9.17, 15) is 4.79 Å². The van der Waals surface area contributed by atoms with Crippen molar-refractivity contribution in [1.29, 1.82) is 0 Å². The van der Waals surface area contributed by atoms with Gasteiger partial charge in [-0.25, -0.2) is 0 Å². The minimum Gasteiger partial charge on any atom is -0.334 e. The van der Waals surface area contributed by atoms with Crippen LogP contribution in [-0.4, -0.2) is 54.0 Å². The van der Waals surface area contributed by atoms with Crippen molar-refractivity contribution in [3.8, 4) is 0 Å². The van der Waals surface area contributed by atoms with Gasteiger partial charge in [0.25, 0.3) is 0 Å². The first-order chi connectivity index (χ1) is 8.58. The fraction of sp³-hybridized carbons (Fsp3) is 0.643. The number of piperidine rings is 1. The second-order valence-corrected chi connectivity index (χ2v) is 4.98. The molecule has 102 valence electrons. The number of carbonyl (C=O) groups excluding carboxylic acids is 1. The predicted octanol–water partition coefficient (Wildman–Crippen LogP) is 0.999. The van der Waals surface area contributed by atoms with E-state index in [4.69, 9.17) is 5.73 Å². The van der Waals surface area contributed by atoms with Crippen LogP contribution in [0.3, 0.4) is 0 Å². The van der Waals surface area contributed by atoms with Crippen LogP contribution < -0.4 is 5.73 Å². The summed E-state index contributed by atoms with van der Waals surface area (Å²) in [6, 6.07) is 0.663. The van der Waals surface area contributed by atoms with Crippen molar-refractivity contribution in [2.45, 2.75) is 31.8 Å². The molecule has 4 heteroatoms. The summed E-state index contributed by atoms with van der Waals surface area (Å²) in [4.78, 5) is 16.2. The van der Waals surface area contributed by atoms with Gasteiger partial charge in [-0.3, -0.25) is 9.69 Å². The van der Waals surface area contributed by atoms with Crippen molar-refractivity contribution in [2.24, 2.45) is 5.73 Å². The highest BCUT2D eigenvalue weighted by Crippen LogP contribution is 2.15. The van der Waals surface area contributed by atoms with Gasteiger partial charge in [-0.15, -0.1) is 13.2 Å². The first kappa shape index (κ1) is 14.9. The summed E-state index contributed by atoms with van der Waals surface area (Å²) in [5.74, 6) is 0.136. The van der Waals surface area contributed by atoms with Crippen molar-refractivity contribution < 1.29 is 4.79 Å². The second kappa shape index (κ2) is 7.34. The Kier molecular flexibility index (Phi) is 6.09. The Bertz CT molecular complexity index is 293. The van der Waals surface area contributed by atoms with E-state index in [2.05, 4.69) is 25.0 Å². The monoisotopic (exact) mass is 251 g/mol. The molecule has 0 aliphatic carbocycles. The van der Waals surface area contributed by atoms with Gasteiger partial charge in [0.05, 0.1) is 6.54 Å². The number of nitrogens with two attached hydrogens (primary N) is 1. The Morgan fingerprint density at radius 2 is 2.06 bits per heavy atom. The highest BCUT2D eigenvalue weighted by molar-refractivity contribution is 5.78. The van der Waals surface area contributed by atoms with Gasteiger partial charge < -0.3 is 10.6 Å². The lowest BCUT2D eigenvalue weighted by atomic mass is 9.99. The zero-order valence-electron chi connectivity index (χ0n) is 11.3. The van der Waals surface area contributed by atoms with Crippen LogP contribution in [0.4, 0.5) is 0 Å². The van der Waals surface area contributed by atoms with Crippen molar-refractivity contribution in [2.75, 3.05) is 26.2 Å². The molecule has 0 aromatic carbocycles. The van der Waals surface area contributed by atoms with Crippen LogP contribution in [0.1, 0.15) is 19.8 Å². The minimum absolute atomic E-state index is 0.136. The third-order valence-electron chi connectivity index (χ3n) is 3.44. The van der Waals surface area contributed by atoms with E-state index < -0.39 is 0 Å². The molecule has 0 aromatic rings. The lowest BCUT2D eigenvalue weighted by Gasteiger charge is -2.36. The van der Waals surface area contributed by atoms with Crippen LogP contribution >= 0.6 is 0 Å². The molecule has 2 atom stereocenters. The average molecular weight is 251 g/mol. The van der Waals surface area contributed by atoms with Gasteiger partial charge in [0.15, 0.2) is 0 Å². The molecule has 0 saturated carbocycles. The standard InChI is InChI=1S/C14H25N3O/c1-4-7-16(8-5-2)14(18)11-17-9-6-13(15)10-12(17)3/h4-5,12-13H,1-2,6-11,15H2,3H3. The van der Waals surface area contributed by atoms with E-state index in [0.29, 0.717) is 25.7 Å². The first-order valence-corrected chi connectivity index (χ1v) is 6.57. The van der Waals surface area contributed by atoms with E-state index in [1.54, 1.807) is 17.1 Å². The van der Waals surface area contributed by atoms with E-state index in [1.165, 1.54) is 0 Å². The predicted molar refractivity (Wildman–Crippen MR) is 75.2 cm³/mol. The summed E-state index contributed by atoms with van der Waals surface area (Å²) in [6.45, 7) is 12.0. The molecule has 4 nitrogen and oxygen atoms in total. The zero-order chi connectivity index (χ0) is 13.5. The summed E-state index contributed by atoms with van der Waals surface area (Å²) in [7, 11) is 0. The SMILES string of the molecule is C=CCN(CC=C)C(=O)CN1CCC(N)CC1C. The Hall–Kier alpha value is -1.13. The zero-order valence-corrected chi connectivity index (χ0v) is 11.3. The van der Waals surface area contributed by atoms with Crippen LogP contribution in [0.5, 0.6) is 0 Å². The van der Waals surface area contributed by atoms with E-state index in [-0.39, 0.29) is 11.9 Å². The van der Waals surface area contributed by atoms with Gasteiger partial charge in [0.1, 0.15) is 0 Å². The molecule has 0 radical (unpaired) electrons. The van der Waals surface area contributed by atoms with Gasteiger partial charge in [-0.05, 0) is 19.8 Å². The Balaban J connectivity index is 2.51. The van der Waals surface area contributed by atoms with Gasteiger partial charge in [0.2, 0.25) is 5.91 Å². The molecule has 0 spiro atoms. The topological polar surface area (TPSA) is 49.6 Å². The molecule has 1 saturated heterocycles. The molecule has 2 N–H and O–H groups in total. The van der Waals surface area contributed by atoms with Gasteiger partial charge in [-0.2, -0.15) is 0 Å². The molecule has 1 rings (SSSR count). The molecule has 1 fully saturated rings. The third kappa shape index (κ3) is 4.27. The van der Waals surface area contributed by atoms with Crippen LogP contribution in [0, 0.1) is 0 Å². The molecule has 2 unspecified atom stereocenters. The van der Waals surface area contributed by atoms with Crippen molar-refractivity contribution in [3.05, 3.63) is 25.3 Å². The molecule has 18 heavy (non-hydrogen) atoms. The fourth-order valence-corrected chi connectivity index (χ4v) is 2.36. The number of nitrogens with zero attached hydrogens (tertiary/aromatic N) is 2. The van der Waals surface area contributed by atoms with Gasteiger partial charge in [-0.1, -0.05) is 12.2 Å². The van der Waals surface area contributed by atoms with E-state index in [0.717, 1.165) is 19.4 Å².